The van der Waals surface area contributed by atoms with Gasteiger partial charge in [-0.1, -0.05) is 11.6 Å². The monoisotopic (exact) mass is 580 g/mol. The van der Waals surface area contributed by atoms with Gasteiger partial charge in [-0.05, 0) is 57.0 Å². The molecule has 202 valence electrons. The highest BCUT2D eigenvalue weighted by Crippen LogP contribution is 2.35. The van der Waals surface area contributed by atoms with Gasteiger partial charge >= 0.3 is 12.3 Å². The second-order valence-corrected chi connectivity index (χ2v) is 12.2. The molecule has 1 aromatic heterocycles. The Morgan fingerprint density at radius 3 is 2.57 bits per heavy atom. The lowest BCUT2D eigenvalue weighted by Gasteiger charge is -2.24. The molecule has 1 unspecified atom stereocenters. The number of alkyl halides is 3. The van der Waals surface area contributed by atoms with Crippen LogP contribution >= 0.6 is 23.2 Å². The van der Waals surface area contributed by atoms with E-state index in [1.807, 2.05) is 4.90 Å². The van der Waals surface area contributed by atoms with E-state index in [0.717, 1.165) is 5.56 Å². The van der Waals surface area contributed by atoms with Gasteiger partial charge in [-0.2, -0.15) is 13.2 Å². The number of amides is 1. The van der Waals surface area contributed by atoms with Crippen LogP contribution in [0.5, 0.6) is 5.75 Å². The van der Waals surface area contributed by atoms with Gasteiger partial charge in [-0.3, -0.25) is 9.11 Å². The molecule has 0 bridgehead atoms. The molecule has 2 aromatic rings. The molecular formula is C23H25Cl2F3N4O4S. The molecule has 0 N–H and O–H groups in total. The molecular weight excluding hydrogens is 556 g/mol. The van der Waals surface area contributed by atoms with Gasteiger partial charge < -0.3 is 14.4 Å². The zero-order chi connectivity index (χ0) is 27.1. The zero-order valence-corrected chi connectivity index (χ0v) is 22.6. The molecule has 37 heavy (non-hydrogen) atoms. The smallest absolute Gasteiger partial charge is 0.422 e. The van der Waals surface area contributed by atoms with Gasteiger partial charge in [0, 0.05) is 18.7 Å². The largest absolute Gasteiger partial charge is 0.484 e. The van der Waals surface area contributed by atoms with Crippen LogP contribution in [-0.2, 0) is 28.6 Å². The lowest BCUT2D eigenvalue weighted by molar-refractivity contribution is -0.153. The molecule has 3 heterocycles. The van der Waals surface area contributed by atoms with Crippen LogP contribution < -0.4 is 9.64 Å². The number of hydrogen-bond donors (Lipinski definition) is 0. The highest BCUT2D eigenvalue weighted by molar-refractivity contribution is 7.85. The van der Waals surface area contributed by atoms with Crippen LogP contribution in [0.1, 0.15) is 38.4 Å². The molecule has 1 amide bonds. The predicted octanol–water partition coefficient (Wildman–Crippen LogP) is 5.36. The first-order valence-corrected chi connectivity index (χ1v) is 13.3. The van der Waals surface area contributed by atoms with Crippen LogP contribution in [0.4, 0.5) is 23.8 Å². The van der Waals surface area contributed by atoms with Crippen molar-refractivity contribution in [2.24, 2.45) is 0 Å². The van der Waals surface area contributed by atoms with Gasteiger partial charge in [0.15, 0.2) is 6.61 Å². The second kappa shape index (κ2) is 10.5. The van der Waals surface area contributed by atoms with Crippen molar-refractivity contribution in [3.63, 3.8) is 0 Å². The normalized spacial score (nSPS) is 18.6. The SMILES string of the molecule is CC(C)(C)OC(=O)N1Cc2nc(Cl)nc(N3CC[C@H](S(=O)c4ccc(OCC(F)(F)F)cc4Cl)C3)c2C1. The fraction of sp³-hybridized carbons (Fsp3) is 0.522. The maximum absolute atomic E-state index is 13.3. The summed E-state index contributed by atoms with van der Waals surface area (Å²) in [7, 11) is -1.54. The third-order valence-corrected chi connectivity index (χ3v) is 8.03. The Labute approximate surface area is 224 Å². The van der Waals surface area contributed by atoms with Crippen molar-refractivity contribution in [3.8, 4) is 5.75 Å². The average Bonchev–Trinajstić information content (AvgIpc) is 3.43. The van der Waals surface area contributed by atoms with E-state index in [1.54, 1.807) is 20.8 Å². The summed E-state index contributed by atoms with van der Waals surface area (Å²) < 4.78 is 60.7. The van der Waals surface area contributed by atoms with E-state index in [0.29, 0.717) is 35.9 Å². The van der Waals surface area contributed by atoms with E-state index < -0.39 is 35.3 Å². The quantitative estimate of drug-likeness (QED) is 0.440. The molecule has 8 nitrogen and oxygen atoms in total. The van der Waals surface area contributed by atoms with Crippen molar-refractivity contribution in [2.45, 2.75) is 62.2 Å². The zero-order valence-electron chi connectivity index (χ0n) is 20.3. The predicted molar refractivity (Wildman–Crippen MR) is 133 cm³/mol. The van der Waals surface area contributed by atoms with E-state index in [-0.39, 0.29) is 34.4 Å². The van der Waals surface area contributed by atoms with Crippen molar-refractivity contribution in [1.29, 1.82) is 0 Å². The number of hydrogen-bond acceptors (Lipinski definition) is 7. The number of anilines is 1. The van der Waals surface area contributed by atoms with Gasteiger partial charge in [0.2, 0.25) is 5.28 Å². The van der Waals surface area contributed by atoms with Gasteiger partial charge in [0.1, 0.15) is 17.2 Å². The first-order valence-electron chi connectivity index (χ1n) is 11.4. The Kier molecular flexibility index (Phi) is 7.83. The van der Waals surface area contributed by atoms with Gasteiger partial charge in [0.25, 0.3) is 0 Å². The average molecular weight is 581 g/mol. The lowest BCUT2D eigenvalue weighted by Crippen LogP contribution is -2.33. The Morgan fingerprint density at radius 1 is 1.19 bits per heavy atom. The summed E-state index contributed by atoms with van der Waals surface area (Å²) in [5, 5.41) is -0.204. The van der Waals surface area contributed by atoms with Crippen molar-refractivity contribution in [3.05, 3.63) is 39.8 Å². The molecule has 2 aliphatic rings. The van der Waals surface area contributed by atoms with Crippen molar-refractivity contribution < 1.29 is 31.6 Å². The summed E-state index contributed by atoms with van der Waals surface area (Å²) in [5.74, 6) is 0.513. The van der Waals surface area contributed by atoms with Crippen LogP contribution in [0.3, 0.4) is 0 Å². The maximum Gasteiger partial charge on any atom is 0.422 e. The van der Waals surface area contributed by atoms with E-state index in [2.05, 4.69) is 9.97 Å². The molecule has 0 spiro atoms. The number of carbonyl (C=O) groups is 1. The summed E-state index contributed by atoms with van der Waals surface area (Å²) in [6, 6.07) is 3.97. The topological polar surface area (TPSA) is 84.9 Å². The van der Waals surface area contributed by atoms with Crippen molar-refractivity contribution in [1.82, 2.24) is 14.9 Å². The van der Waals surface area contributed by atoms with Crippen molar-refractivity contribution in [2.75, 3.05) is 24.6 Å². The van der Waals surface area contributed by atoms with Gasteiger partial charge in [-0.25, -0.2) is 14.8 Å². The summed E-state index contributed by atoms with van der Waals surface area (Å²) in [4.78, 5) is 25.1. The fourth-order valence-electron chi connectivity index (χ4n) is 4.10. The first kappa shape index (κ1) is 27.7. The summed E-state index contributed by atoms with van der Waals surface area (Å²) >= 11 is 12.4. The third-order valence-electron chi connectivity index (χ3n) is 5.65. The van der Waals surface area contributed by atoms with Crippen LogP contribution in [-0.4, -0.2) is 61.9 Å². The highest BCUT2D eigenvalue weighted by Gasteiger charge is 2.36. The fourth-order valence-corrected chi connectivity index (χ4v) is 6.13. The van der Waals surface area contributed by atoms with Gasteiger partial charge in [0.05, 0.1) is 44.8 Å². The van der Waals surface area contributed by atoms with E-state index in [4.69, 9.17) is 32.7 Å². The summed E-state index contributed by atoms with van der Waals surface area (Å²) in [6.45, 7) is 5.32. The van der Waals surface area contributed by atoms with E-state index >= 15 is 0 Å². The van der Waals surface area contributed by atoms with Crippen LogP contribution in [0.2, 0.25) is 10.3 Å². The number of nitrogens with zero attached hydrogens (tertiary/aromatic N) is 4. The molecule has 4 rings (SSSR count). The lowest BCUT2D eigenvalue weighted by atomic mass is 10.2. The molecule has 1 saturated heterocycles. The van der Waals surface area contributed by atoms with Gasteiger partial charge in [-0.15, -0.1) is 0 Å². The summed E-state index contributed by atoms with van der Waals surface area (Å²) in [5.41, 5.74) is 0.738. The molecule has 0 saturated carbocycles. The minimum Gasteiger partial charge on any atom is -0.484 e. The maximum atomic E-state index is 13.3. The number of fused-ring (bicyclic) bond motifs is 1. The molecule has 14 heteroatoms. The Balaban J connectivity index is 1.46. The third kappa shape index (κ3) is 6.77. The minimum absolute atomic E-state index is 0.0434. The number of rotatable bonds is 5. The molecule has 1 aromatic carbocycles. The van der Waals surface area contributed by atoms with Crippen LogP contribution in [0.15, 0.2) is 23.1 Å². The molecule has 2 aliphatic heterocycles. The molecule has 2 atom stereocenters. The summed E-state index contributed by atoms with van der Waals surface area (Å²) in [6.07, 6.45) is -4.39. The molecule has 0 aliphatic carbocycles. The van der Waals surface area contributed by atoms with E-state index in [9.17, 15) is 22.2 Å². The Bertz CT molecular complexity index is 1230. The second-order valence-electron chi connectivity index (χ2n) is 9.73. The standard InChI is InChI=1S/C23H25Cl2F3N4O4S/c1-22(2,3)36-21(33)32-10-15-17(11-32)29-20(25)30-19(15)31-7-6-14(9-31)37(34)18-5-4-13(8-16(18)24)35-12-23(26,27)28/h4-5,8,14H,6-7,9-12H2,1-3H3/t14-,37?/m0/s1. The number of aromatic nitrogens is 2. The number of ether oxygens (including phenoxy) is 2. The van der Waals surface area contributed by atoms with Crippen LogP contribution in [0.25, 0.3) is 0 Å². The number of benzene rings is 1. The first-order chi connectivity index (χ1) is 17.2. The Morgan fingerprint density at radius 2 is 1.92 bits per heavy atom. The number of carbonyl (C=O) groups excluding carboxylic acids is 1. The minimum atomic E-state index is -4.48. The van der Waals surface area contributed by atoms with Crippen molar-refractivity contribution >= 4 is 45.9 Å². The van der Waals surface area contributed by atoms with E-state index in [1.165, 1.54) is 23.1 Å². The highest BCUT2D eigenvalue weighted by atomic mass is 35.5. The number of halogens is 5. The molecule has 0 radical (unpaired) electrons. The Hall–Kier alpha value is -2.31. The van der Waals surface area contributed by atoms with Crippen LogP contribution in [0, 0.1) is 0 Å². The molecule has 1 fully saturated rings.